The zero-order valence-corrected chi connectivity index (χ0v) is 15.9. The Morgan fingerprint density at radius 1 is 1.24 bits per heavy atom. The molecule has 1 aromatic rings. The van der Waals surface area contributed by atoms with E-state index in [-0.39, 0.29) is 11.7 Å². The predicted octanol–water partition coefficient (Wildman–Crippen LogP) is 4.44. The van der Waals surface area contributed by atoms with Crippen LogP contribution in [-0.4, -0.2) is 24.2 Å². The zero-order chi connectivity index (χ0) is 18.2. The molecule has 0 radical (unpaired) electrons. The van der Waals surface area contributed by atoms with Gasteiger partial charge >= 0.3 is 0 Å². The van der Waals surface area contributed by atoms with Crippen LogP contribution in [0.25, 0.3) is 0 Å². The second kappa shape index (κ2) is 9.69. The van der Waals surface area contributed by atoms with Crippen molar-refractivity contribution in [1.29, 1.82) is 0 Å². The number of carbonyl (C=O) groups excluding carboxylic acids is 1. The fourth-order valence-electron chi connectivity index (χ4n) is 3.93. The lowest BCUT2D eigenvalue weighted by atomic mass is 9.79. The van der Waals surface area contributed by atoms with Crippen LogP contribution in [0.3, 0.4) is 0 Å². The highest BCUT2D eigenvalue weighted by Gasteiger charge is 2.24. The monoisotopic (exact) mass is 347 g/mol. The first-order chi connectivity index (χ1) is 12.0. The number of carbonyl (C=O) groups is 1. The minimum atomic E-state index is 0.0520. The molecule has 1 aliphatic rings. The van der Waals surface area contributed by atoms with E-state index in [1.807, 2.05) is 0 Å². The second-order valence-corrected chi connectivity index (χ2v) is 7.39. The molecule has 1 fully saturated rings. The van der Waals surface area contributed by atoms with Gasteiger partial charge in [-0.2, -0.15) is 0 Å². The number of rotatable bonds is 8. The number of amides is 1. The van der Waals surface area contributed by atoms with E-state index >= 15 is 0 Å². The molecule has 4 heteroatoms. The van der Waals surface area contributed by atoms with Gasteiger partial charge < -0.3 is 15.2 Å². The average Bonchev–Trinajstić information content (AvgIpc) is 2.62. The van der Waals surface area contributed by atoms with Crippen molar-refractivity contribution in [3.8, 4) is 11.5 Å². The van der Waals surface area contributed by atoms with Gasteiger partial charge in [-0.15, -0.1) is 0 Å². The van der Waals surface area contributed by atoms with Gasteiger partial charge in [-0.05, 0) is 61.6 Å². The van der Waals surface area contributed by atoms with E-state index in [1.54, 1.807) is 18.2 Å². The summed E-state index contributed by atoms with van der Waals surface area (Å²) in [7, 11) is 1.51. The molecular formula is C21H33NO3. The largest absolute Gasteiger partial charge is 0.504 e. The highest BCUT2D eigenvalue weighted by atomic mass is 16.5. The first kappa shape index (κ1) is 19.6. The Morgan fingerprint density at radius 2 is 1.92 bits per heavy atom. The maximum Gasteiger partial charge on any atom is 0.224 e. The number of phenolic OH excluding ortho intramolecular Hbond substituents is 1. The summed E-state index contributed by atoms with van der Waals surface area (Å²) in [4.78, 5) is 12.3. The van der Waals surface area contributed by atoms with Crippen LogP contribution in [-0.2, 0) is 11.2 Å². The summed E-state index contributed by atoms with van der Waals surface area (Å²) in [5.74, 6) is 2.26. The Hall–Kier alpha value is -1.71. The lowest BCUT2D eigenvalue weighted by molar-refractivity contribution is -0.121. The molecule has 0 heterocycles. The smallest absolute Gasteiger partial charge is 0.224 e. The first-order valence-electron chi connectivity index (χ1n) is 9.70. The van der Waals surface area contributed by atoms with Gasteiger partial charge in [0.15, 0.2) is 11.5 Å². The van der Waals surface area contributed by atoms with Crippen LogP contribution in [0.1, 0.15) is 64.4 Å². The molecule has 25 heavy (non-hydrogen) atoms. The number of hydrogen-bond acceptors (Lipinski definition) is 3. The molecule has 0 unspecified atom stereocenters. The van der Waals surface area contributed by atoms with E-state index < -0.39 is 0 Å². The molecule has 140 valence electrons. The summed E-state index contributed by atoms with van der Waals surface area (Å²) in [6.07, 6.45) is 8.88. The van der Waals surface area contributed by atoms with Gasteiger partial charge in [0.1, 0.15) is 0 Å². The Labute approximate surface area is 152 Å². The maximum atomic E-state index is 12.3. The molecule has 0 aliphatic heterocycles. The number of hydrogen-bond donors (Lipinski definition) is 2. The van der Waals surface area contributed by atoms with Crippen LogP contribution in [0.5, 0.6) is 11.5 Å². The molecule has 2 N–H and O–H groups in total. The summed E-state index contributed by atoms with van der Waals surface area (Å²) >= 11 is 0. The van der Waals surface area contributed by atoms with Crippen molar-refractivity contribution in [2.24, 2.45) is 11.8 Å². The minimum Gasteiger partial charge on any atom is -0.504 e. The van der Waals surface area contributed by atoms with Crippen molar-refractivity contribution >= 4 is 5.91 Å². The predicted molar refractivity (Wildman–Crippen MR) is 101 cm³/mol. The van der Waals surface area contributed by atoms with Crippen molar-refractivity contribution in [2.75, 3.05) is 7.11 Å². The number of methoxy groups -OCH3 is 1. The molecule has 1 amide bonds. The number of ether oxygens (including phenoxy) is 1. The average molecular weight is 347 g/mol. The van der Waals surface area contributed by atoms with Crippen LogP contribution < -0.4 is 10.1 Å². The van der Waals surface area contributed by atoms with Gasteiger partial charge in [0.2, 0.25) is 5.91 Å². The zero-order valence-electron chi connectivity index (χ0n) is 15.9. The molecule has 1 aromatic carbocycles. The number of nitrogens with one attached hydrogen (secondary N) is 1. The van der Waals surface area contributed by atoms with Crippen LogP contribution in [0, 0.1) is 11.8 Å². The molecule has 0 saturated heterocycles. The molecule has 1 aliphatic carbocycles. The standard InChI is InChI=1S/C21H33NO3/c1-4-15(5-2)12-16-6-9-18(10-7-16)22-21(24)14-17-8-11-19(23)20(13-17)25-3/h8,11,13,15-16,18,23H,4-7,9-10,12,14H2,1-3H3,(H,22,24). The third-order valence-electron chi connectivity index (χ3n) is 5.64. The van der Waals surface area contributed by atoms with Crippen LogP contribution in [0.4, 0.5) is 0 Å². The molecule has 0 bridgehead atoms. The topological polar surface area (TPSA) is 58.6 Å². The minimum absolute atomic E-state index is 0.0520. The van der Waals surface area contributed by atoms with Crippen LogP contribution in [0.2, 0.25) is 0 Å². The quantitative estimate of drug-likeness (QED) is 0.730. The van der Waals surface area contributed by atoms with Crippen molar-refractivity contribution in [2.45, 2.75) is 71.3 Å². The fraction of sp³-hybridized carbons (Fsp3) is 0.667. The van der Waals surface area contributed by atoms with E-state index in [0.717, 1.165) is 30.2 Å². The Balaban J connectivity index is 1.77. The van der Waals surface area contributed by atoms with E-state index in [9.17, 15) is 9.90 Å². The van der Waals surface area contributed by atoms with E-state index in [4.69, 9.17) is 4.74 Å². The summed E-state index contributed by atoms with van der Waals surface area (Å²) in [5.41, 5.74) is 0.856. The van der Waals surface area contributed by atoms with Gasteiger partial charge in [-0.25, -0.2) is 0 Å². The number of aromatic hydroxyl groups is 1. The highest BCUT2D eigenvalue weighted by molar-refractivity contribution is 5.79. The summed E-state index contributed by atoms with van der Waals surface area (Å²) in [5, 5.41) is 12.8. The Kier molecular flexibility index (Phi) is 7.60. The van der Waals surface area contributed by atoms with Gasteiger partial charge in [0.25, 0.3) is 0 Å². The van der Waals surface area contributed by atoms with E-state index in [1.165, 1.54) is 39.2 Å². The maximum absolute atomic E-state index is 12.3. The van der Waals surface area contributed by atoms with Crippen LogP contribution in [0.15, 0.2) is 18.2 Å². The van der Waals surface area contributed by atoms with E-state index in [2.05, 4.69) is 19.2 Å². The molecule has 0 atom stereocenters. The molecular weight excluding hydrogens is 314 g/mol. The van der Waals surface area contributed by atoms with Gasteiger partial charge in [0, 0.05) is 6.04 Å². The molecule has 2 rings (SSSR count). The fourth-order valence-corrected chi connectivity index (χ4v) is 3.93. The van der Waals surface area contributed by atoms with Crippen molar-refractivity contribution < 1.29 is 14.6 Å². The third-order valence-corrected chi connectivity index (χ3v) is 5.64. The van der Waals surface area contributed by atoms with Gasteiger partial charge in [0.05, 0.1) is 13.5 Å². The normalized spacial score (nSPS) is 20.5. The molecule has 4 nitrogen and oxygen atoms in total. The summed E-state index contributed by atoms with van der Waals surface area (Å²) < 4.78 is 5.10. The molecule has 0 aromatic heterocycles. The van der Waals surface area contributed by atoms with Crippen molar-refractivity contribution in [3.63, 3.8) is 0 Å². The Bertz CT molecular complexity index is 546. The Morgan fingerprint density at radius 3 is 2.52 bits per heavy atom. The van der Waals surface area contributed by atoms with Gasteiger partial charge in [-0.3, -0.25) is 4.79 Å². The lowest BCUT2D eigenvalue weighted by Crippen LogP contribution is -2.38. The van der Waals surface area contributed by atoms with Gasteiger partial charge in [-0.1, -0.05) is 32.8 Å². The second-order valence-electron chi connectivity index (χ2n) is 7.39. The van der Waals surface area contributed by atoms with Crippen molar-refractivity contribution in [3.05, 3.63) is 23.8 Å². The highest BCUT2D eigenvalue weighted by Crippen LogP contribution is 2.31. The molecule has 0 spiro atoms. The lowest BCUT2D eigenvalue weighted by Gasteiger charge is -2.31. The SMILES string of the molecule is CCC(CC)CC1CCC(NC(=O)Cc2ccc(O)c(OC)c2)CC1. The van der Waals surface area contributed by atoms with E-state index in [0.29, 0.717) is 18.2 Å². The number of phenols is 1. The summed E-state index contributed by atoms with van der Waals surface area (Å²) in [6, 6.07) is 5.38. The number of benzene rings is 1. The third kappa shape index (κ3) is 5.94. The molecule has 1 saturated carbocycles. The summed E-state index contributed by atoms with van der Waals surface area (Å²) in [6.45, 7) is 4.58. The van der Waals surface area contributed by atoms with Crippen molar-refractivity contribution in [1.82, 2.24) is 5.32 Å². The first-order valence-corrected chi connectivity index (χ1v) is 9.70. The van der Waals surface area contributed by atoms with Crippen LogP contribution >= 0.6 is 0 Å².